The number of carbonyl (C=O) groups excluding carboxylic acids is 1. The summed E-state index contributed by atoms with van der Waals surface area (Å²) in [5.41, 5.74) is 1.81. The zero-order valence-electron chi connectivity index (χ0n) is 16.0. The van der Waals surface area contributed by atoms with Crippen LogP contribution < -0.4 is 15.5 Å². The van der Waals surface area contributed by atoms with Gasteiger partial charge in [-0.05, 0) is 42.7 Å². The molecule has 1 aromatic heterocycles. The highest BCUT2D eigenvalue weighted by Crippen LogP contribution is 2.27. The Morgan fingerprint density at radius 1 is 1.10 bits per heavy atom. The number of amides is 2. The first-order valence-corrected chi connectivity index (χ1v) is 9.81. The Bertz CT molecular complexity index is 988. The second kappa shape index (κ2) is 8.46. The Kier molecular flexibility index (Phi) is 5.59. The van der Waals surface area contributed by atoms with Crippen LogP contribution in [0.15, 0.2) is 36.5 Å². The molecule has 0 atom stereocenters. The van der Waals surface area contributed by atoms with E-state index >= 15 is 0 Å². The van der Waals surface area contributed by atoms with Crippen LogP contribution in [0, 0.1) is 11.6 Å². The third-order valence-electron chi connectivity index (χ3n) is 5.19. The van der Waals surface area contributed by atoms with E-state index in [1.165, 1.54) is 12.1 Å². The van der Waals surface area contributed by atoms with Crippen LogP contribution in [-0.4, -0.2) is 29.3 Å². The molecular weight excluding hydrogens is 376 g/mol. The van der Waals surface area contributed by atoms with Crippen molar-refractivity contribution in [2.75, 3.05) is 23.3 Å². The van der Waals surface area contributed by atoms with Crippen molar-refractivity contribution in [2.45, 2.75) is 32.2 Å². The van der Waals surface area contributed by atoms with Gasteiger partial charge in [0, 0.05) is 25.0 Å². The lowest BCUT2D eigenvalue weighted by molar-refractivity contribution is 0.251. The molecule has 3 N–H and O–H groups in total. The number of rotatable bonds is 4. The lowest BCUT2D eigenvalue weighted by Gasteiger charge is -2.24. The molecule has 0 aliphatic carbocycles. The first-order chi connectivity index (χ1) is 14.1. The Hall–Kier alpha value is -3.16. The van der Waals surface area contributed by atoms with E-state index in [2.05, 4.69) is 20.8 Å². The predicted molar refractivity (Wildman–Crippen MR) is 109 cm³/mol. The number of halogens is 2. The summed E-state index contributed by atoms with van der Waals surface area (Å²) in [6.45, 7) is 1.34. The van der Waals surface area contributed by atoms with Gasteiger partial charge in [-0.15, -0.1) is 0 Å². The molecule has 4 rings (SSSR count). The molecule has 2 heterocycles. The van der Waals surface area contributed by atoms with Gasteiger partial charge in [-0.1, -0.05) is 18.9 Å². The average molecular weight is 399 g/mol. The molecule has 8 heteroatoms. The summed E-state index contributed by atoms with van der Waals surface area (Å²) in [5, 5.41) is 12.9. The number of urea groups is 1. The number of carbonyl (C=O) groups is 1. The van der Waals surface area contributed by atoms with Crippen molar-refractivity contribution < 1.29 is 13.6 Å². The molecule has 0 bridgehead atoms. The van der Waals surface area contributed by atoms with E-state index in [0.717, 1.165) is 36.6 Å². The van der Waals surface area contributed by atoms with E-state index in [1.54, 1.807) is 23.2 Å². The minimum absolute atomic E-state index is 0.0152. The zero-order chi connectivity index (χ0) is 20.2. The number of H-pyrrole nitrogens is 1. The highest BCUT2D eigenvalue weighted by molar-refractivity contribution is 6.00. The first kappa shape index (κ1) is 19.2. The van der Waals surface area contributed by atoms with Gasteiger partial charge in [0.15, 0.2) is 0 Å². The number of nitrogens with zero attached hydrogens (tertiary/aromatic N) is 2. The van der Waals surface area contributed by atoms with E-state index in [-0.39, 0.29) is 12.2 Å². The second-order valence-corrected chi connectivity index (χ2v) is 7.25. The lowest BCUT2D eigenvalue weighted by atomic mass is 10.1. The molecule has 29 heavy (non-hydrogen) atoms. The standard InChI is InChI=1S/C21H23F2N5O/c22-16-10-14(11-17(23)20(16)28-8-3-1-2-4-9-28)12-24-21(29)26-18-6-5-7-19-15(18)13-25-27-19/h5-7,10-11,13H,1-4,8-9,12H2,(H,25,27)(H2,24,26,29). The maximum atomic E-state index is 14.6. The van der Waals surface area contributed by atoms with Gasteiger partial charge < -0.3 is 15.5 Å². The number of aromatic amines is 1. The van der Waals surface area contributed by atoms with Crippen LogP contribution in [0.1, 0.15) is 31.2 Å². The van der Waals surface area contributed by atoms with Crippen molar-refractivity contribution >= 4 is 28.3 Å². The molecule has 152 valence electrons. The first-order valence-electron chi connectivity index (χ1n) is 9.81. The Morgan fingerprint density at radius 2 is 1.83 bits per heavy atom. The topological polar surface area (TPSA) is 73.1 Å². The maximum Gasteiger partial charge on any atom is 0.319 e. The van der Waals surface area contributed by atoms with Crippen molar-refractivity contribution in [1.82, 2.24) is 15.5 Å². The number of aromatic nitrogens is 2. The summed E-state index contributed by atoms with van der Waals surface area (Å²) in [5.74, 6) is -1.18. The van der Waals surface area contributed by atoms with E-state index in [1.807, 2.05) is 6.07 Å². The van der Waals surface area contributed by atoms with Crippen LogP contribution in [0.3, 0.4) is 0 Å². The van der Waals surface area contributed by atoms with Crippen molar-refractivity contribution in [3.8, 4) is 0 Å². The van der Waals surface area contributed by atoms with E-state index < -0.39 is 17.7 Å². The number of benzene rings is 2. The van der Waals surface area contributed by atoms with Crippen LogP contribution in [-0.2, 0) is 6.54 Å². The summed E-state index contributed by atoms with van der Waals surface area (Å²) in [6.07, 6.45) is 5.67. The molecular formula is C21H23F2N5O. The van der Waals surface area contributed by atoms with Gasteiger partial charge in [-0.3, -0.25) is 5.10 Å². The smallest absolute Gasteiger partial charge is 0.319 e. The third-order valence-corrected chi connectivity index (χ3v) is 5.19. The average Bonchev–Trinajstić information content (AvgIpc) is 3.03. The van der Waals surface area contributed by atoms with Gasteiger partial charge in [-0.25, -0.2) is 13.6 Å². The molecule has 0 unspecified atom stereocenters. The minimum Gasteiger partial charge on any atom is -0.367 e. The molecule has 1 saturated heterocycles. The van der Waals surface area contributed by atoms with Gasteiger partial charge in [-0.2, -0.15) is 5.10 Å². The molecule has 0 spiro atoms. The highest BCUT2D eigenvalue weighted by Gasteiger charge is 2.19. The maximum absolute atomic E-state index is 14.6. The highest BCUT2D eigenvalue weighted by atomic mass is 19.1. The Labute approximate surface area is 167 Å². The molecule has 1 aliphatic heterocycles. The normalized spacial score (nSPS) is 14.6. The predicted octanol–water partition coefficient (Wildman–Crippen LogP) is 4.54. The fourth-order valence-corrected chi connectivity index (χ4v) is 3.74. The van der Waals surface area contributed by atoms with Crippen LogP contribution in [0.4, 0.5) is 25.0 Å². The van der Waals surface area contributed by atoms with Crippen LogP contribution >= 0.6 is 0 Å². The van der Waals surface area contributed by atoms with Crippen molar-refractivity contribution in [3.05, 3.63) is 53.7 Å². The van der Waals surface area contributed by atoms with Crippen LogP contribution in [0.5, 0.6) is 0 Å². The van der Waals surface area contributed by atoms with E-state index in [4.69, 9.17) is 0 Å². The number of hydrogen-bond acceptors (Lipinski definition) is 3. The lowest BCUT2D eigenvalue weighted by Crippen LogP contribution is -2.29. The Morgan fingerprint density at radius 3 is 2.55 bits per heavy atom. The fourth-order valence-electron chi connectivity index (χ4n) is 3.74. The molecule has 2 amide bonds. The van der Waals surface area contributed by atoms with E-state index in [9.17, 15) is 13.6 Å². The zero-order valence-corrected chi connectivity index (χ0v) is 16.0. The van der Waals surface area contributed by atoms with E-state index in [0.29, 0.717) is 24.3 Å². The molecule has 1 aliphatic rings. The van der Waals surface area contributed by atoms with Gasteiger partial charge in [0.1, 0.15) is 17.3 Å². The quantitative estimate of drug-likeness (QED) is 0.603. The van der Waals surface area contributed by atoms with Gasteiger partial charge >= 0.3 is 6.03 Å². The summed E-state index contributed by atoms with van der Waals surface area (Å²) < 4.78 is 29.2. The van der Waals surface area contributed by atoms with Gasteiger partial charge in [0.25, 0.3) is 0 Å². The van der Waals surface area contributed by atoms with Crippen LogP contribution in [0.2, 0.25) is 0 Å². The summed E-state index contributed by atoms with van der Waals surface area (Å²) >= 11 is 0. The van der Waals surface area contributed by atoms with Crippen LogP contribution in [0.25, 0.3) is 10.9 Å². The number of nitrogens with one attached hydrogen (secondary N) is 3. The molecule has 6 nitrogen and oxygen atoms in total. The Balaban J connectivity index is 1.41. The second-order valence-electron chi connectivity index (χ2n) is 7.25. The van der Waals surface area contributed by atoms with Crippen molar-refractivity contribution in [1.29, 1.82) is 0 Å². The number of hydrogen-bond donors (Lipinski definition) is 3. The largest absolute Gasteiger partial charge is 0.367 e. The fraction of sp³-hybridized carbons (Fsp3) is 0.333. The van der Waals surface area contributed by atoms with Gasteiger partial charge in [0.05, 0.1) is 17.4 Å². The van der Waals surface area contributed by atoms with Gasteiger partial charge in [0.2, 0.25) is 0 Å². The number of fused-ring (bicyclic) bond motifs is 1. The molecule has 0 radical (unpaired) electrons. The monoisotopic (exact) mass is 399 g/mol. The number of anilines is 2. The minimum atomic E-state index is -0.590. The van der Waals surface area contributed by atoms with Crippen molar-refractivity contribution in [2.24, 2.45) is 0 Å². The summed E-state index contributed by atoms with van der Waals surface area (Å²) in [6, 6.07) is 7.52. The third kappa shape index (κ3) is 4.31. The summed E-state index contributed by atoms with van der Waals surface area (Å²) in [4.78, 5) is 14.0. The summed E-state index contributed by atoms with van der Waals surface area (Å²) in [7, 11) is 0. The molecule has 3 aromatic rings. The SMILES string of the molecule is O=C(NCc1cc(F)c(N2CCCCCC2)c(F)c1)Nc1cccc2[nH]ncc12. The van der Waals surface area contributed by atoms with Crippen molar-refractivity contribution in [3.63, 3.8) is 0 Å². The molecule has 2 aromatic carbocycles. The molecule has 1 fully saturated rings. The molecule has 0 saturated carbocycles.